The third kappa shape index (κ3) is 1.99. The average Bonchev–Trinajstić information content (AvgIpc) is 2.90. The molecule has 8 nitrogen and oxygen atoms in total. The molecule has 2 aromatic heterocycles. The Kier molecular flexibility index (Phi) is 3.07. The van der Waals surface area contributed by atoms with Crippen LogP contribution in [-0.2, 0) is 12.8 Å². The number of fused-ring (bicyclic) bond motifs is 1. The van der Waals surface area contributed by atoms with Crippen molar-refractivity contribution in [1.29, 1.82) is 0 Å². The van der Waals surface area contributed by atoms with Gasteiger partial charge < -0.3 is 5.43 Å². The van der Waals surface area contributed by atoms with Gasteiger partial charge in [-0.2, -0.15) is 0 Å². The first-order chi connectivity index (χ1) is 9.70. The van der Waals surface area contributed by atoms with E-state index >= 15 is 0 Å². The van der Waals surface area contributed by atoms with Crippen molar-refractivity contribution in [3.8, 4) is 5.82 Å². The Balaban J connectivity index is 2.17. The van der Waals surface area contributed by atoms with Gasteiger partial charge in [0.15, 0.2) is 0 Å². The monoisotopic (exact) mass is 274 g/mol. The van der Waals surface area contributed by atoms with Crippen LogP contribution in [0.2, 0.25) is 0 Å². The number of imidazole rings is 1. The summed E-state index contributed by atoms with van der Waals surface area (Å²) in [5.41, 5.74) is 4.35. The quantitative estimate of drug-likeness (QED) is 0.496. The van der Waals surface area contributed by atoms with E-state index in [0.717, 1.165) is 37.1 Å². The molecule has 0 aromatic carbocycles. The lowest BCUT2D eigenvalue weighted by atomic mass is 10.0. The maximum atomic E-state index is 11.2. The van der Waals surface area contributed by atoms with E-state index in [-0.39, 0.29) is 11.5 Å². The average molecular weight is 274 g/mol. The van der Waals surface area contributed by atoms with Crippen molar-refractivity contribution in [1.82, 2.24) is 14.5 Å². The summed E-state index contributed by atoms with van der Waals surface area (Å²) in [6.45, 7) is 0. The van der Waals surface area contributed by atoms with Crippen molar-refractivity contribution in [2.24, 2.45) is 5.84 Å². The van der Waals surface area contributed by atoms with Crippen molar-refractivity contribution in [2.75, 3.05) is 5.43 Å². The maximum absolute atomic E-state index is 11.2. The van der Waals surface area contributed by atoms with Crippen molar-refractivity contribution >= 4 is 11.5 Å². The predicted molar refractivity (Wildman–Crippen MR) is 72.5 cm³/mol. The van der Waals surface area contributed by atoms with E-state index in [1.165, 1.54) is 12.1 Å². The normalized spacial score (nSPS) is 13.8. The highest BCUT2D eigenvalue weighted by atomic mass is 16.6. The van der Waals surface area contributed by atoms with Gasteiger partial charge in [0.1, 0.15) is 12.1 Å². The number of aryl methyl sites for hydroxylation is 1. The fraction of sp³-hybridized carbons (Fsp3) is 0.333. The highest BCUT2D eigenvalue weighted by Crippen LogP contribution is 2.28. The third-order valence-electron chi connectivity index (χ3n) is 3.46. The Hall–Kier alpha value is -2.48. The van der Waals surface area contributed by atoms with E-state index in [4.69, 9.17) is 5.84 Å². The molecular weight excluding hydrogens is 260 g/mol. The molecule has 0 saturated carbocycles. The van der Waals surface area contributed by atoms with Crippen LogP contribution in [0.1, 0.15) is 24.2 Å². The van der Waals surface area contributed by atoms with Crippen LogP contribution < -0.4 is 11.3 Å². The maximum Gasteiger partial charge on any atom is 0.312 e. The van der Waals surface area contributed by atoms with Gasteiger partial charge in [-0.15, -0.1) is 0 Å². The Morgan fingerprint density at radius 1 is 1.35 bits per heavy atom. The van der Waals surface area contributed by atoms with Crippen LogP contribution in [0.15, 0.2) is 18.5 Å². The number of nitrogens with zero attached hydrogens (tertiary/aromatic N) is 4. The van der Waals surface area contributed by atoms with Gasteiger partial charge in [0.25, 0.3) is 0 Å². The van der Waals surface area contributed by atoms with Gasteiger partial charge in [-0.25, -0.2) is 15.8 Å². The van der Waals surface area contributed by atoms with E-state index in [9.17, 15) is 10.1 Å². The fourth-order valence-corrected chi connectivity index (χ4v) is 2.49. The van der Waals surface area contributed by atoms with E-state index in [2.05, 4.69) is 15.4 Å². The Morgan fingerprint density at radius 3 is 2.90 bits per heavy atom. The molecule has 0 unspecified atom stereocenters. The molecule has 3 N–H and O–H groups in total. The molecular formula is C12H14N6O2. The predicted octanol–water partition coefficient (Wildman–Crippen LogP) is 1.34. The zero-order valence-corrected chi connectivity index (χ0v) is 10.7. The number of hydrogen-bond donors (Lipinski definition) is 2. The number of nitrogen functional groups attached to an aromatic ring is 1. The SMILES string of the molecule is NNc1ccc([N+](=O)[O-])c(-n2cnc3c2CCCC3)n1. The molecule has 0 aliphatic heterocycles. The van der Waals surface area contributed by atoms with Crippen LogP contribution in [-0.4, -0.2) is 19.5 Å². The summed E-state index contributed by atoms with van der Waals surface area (Å²) in [6.07, 6.45) is 5.52. The second-order valence-corrected chi connectivity index (χ2v) is 4.66. The van der Waals surface area contributed by atoms with Crippen molar-refractivity contribution in [3.05, 3.63) is 40.0 Å². The van der Waals surface area contributed by atoms with E-state index in [1.54, 1.807) is 10.9 Å². The molecule has 104 valence electrons. The summed E-state index contributed by atoms with van der Waals surface area (Å²) >= 11 is 0. The first-order valence-electron chi connectivity index (χ1n) is 6.38. The number of aromatic nitrogens is 3. The van der Waals surface area contributed by atoms with E-state index in [1.807, 2.05) is 0 Å². The van der Waals surface area contributed by atoms with Crippen LogP contribution in [0.4, 0.5) is 11.5 Å². The van der Waals surface area contributed by atoms with Gasteiger partial charge in [0.2, 0.25) is 5.82 Å². The third-order valence-corrected chi connectivity index (χ3v) is 3.46. The minimum atomic E-state index is -0.447. The van der Waals surface area contributed by atoms with Gasteiger partial charge in [-0.3, -0.25) is 14.7 Å². The molecule has 20 heavy (non-hydrogen) atoms. The van der Waals surface area contributed by atoms with Crippen LogP contribution in [0.5, 0.6) is 0 Å². The number of pyridine rings is 1. The molecule has 0 fully saturated rings. The molecule has 0 atom stereocenters. The van der Waals surface area contributed by atoms with Gasteiger partial charge in [0, 0.05) is 11.8 Å². The van der Waals surface area contributed by atoms with Crippen molar-refractivity contribution in [3.63, 3.8) is 0 Å². The van der Waals surface area contributed by atoms with Gasteiger partial charge in [0.05, 0.1) is 10.6 Å². The van der Waals surface area contributed by atoms with Gasteiger partial charge >= 0.3 is 5.69 Å². The highest BCUT2D eigenvalue weighted by Gasteiger charge is 2.23. The van der Waals surface area contributed by atoms with Crippen molar-refractivity contribution < 1.29 is 4.92 Å². The number of rotatable bonds is 3. The molecule has 0 amide bonds. The zero-order valence-electron chi connectivity index (χ0n) is 10.7. The number of hydrogen-bond acceptors (Lipinski definition) is 6. The molecule has 1 aliphatic rings. The second kappa shape index (κ2) is 4.89. The summed E-state index contributed by atoms with van der Waals surface area (Å²) < 4.78 is 1.70. The van der Waals surface area contributed by atoms with Crippen LogP contribution >= 0.6 is 0 Å². The van der Waals surface area contributed by atoms with Crippen LogP contribution in [0, 0.1) is 10.1 Å². The number of anilines is 1. The molecule has 8 heteroatoms. The highest BCUT2D eigenvalue weighted by molar-refractivity contribution is 5.54. The lowest BCUT2D eigenvalue weighted by Crippen LogP contribution is -2.13. The molecule has 3 rings (SSSR count). The fourth-order valence-electron chi connectivity index (χ4n) is 2.49. The number of nitrogens with two attached hydrogens (primary N) is 1. The molecule has 0 radical (unpaired) electrons. The Bertz CT molecular complexity index is 666. The number of hydrazine groups is 1. The summed E-state index contributed by atoms with van der Waals surface area (Å²) in [6, 6.07) is 2.87. The summed E-state index contributed by atoms with van der Waals surface area (Å²) in [5.74, 6) is 5.96. The number of nitro groups is 1. The topological polar surface area (TPSA) is 112 Å². The van der Waals surface area contributed by atoms with Gasteiger partial charge in [-0.05, 0) is 31.7 Å². The van der Waals surface area contributed by atoms with Crippen LogP contribution in [0.3, 0.4) is 0 Å². The standard InChI is InChI=1S/C12H14N6O2/c13-16-11-6-5-10(18(19)20)12(15-11)17-7-14-8-3-1-2-4-9(8)17/h5-7H,1-4,13H2,(H,15,16). The van der Waals surface area contributed by atoms with Crippen LogP contribution in [0.25, 0.3) is 5.82 Å². The first-order valence-corrected chi connectivity index (χ1v) is 6.38. The molecule has 2 heterocycles. The Labute approximate surface area is 114 Å². The van der Waals surface area contributed by atoms with Gasteiger partial charge in [-0.1, -0.05) is 0 Å². The van der Waals surface area contributed by atoms with E-state index < -0.39 is 4.92 Å². The Morgan fingerprint density at radius 2 is 2.15 bits per heavy atom. The van der Waals surface area contributed by atoms with E-state index in [0.29, 0.717) is 5.82 Å². The zero-order chi connectivity index (χ0) is 14.1. The van der Waals surface area contributed by atoms with Crippen molar-refractivity contribution in [2.45, 2.75) is 25.7 Å². The molecule has 0 spiro atoms. The number of nitrogens with one attached hydrogen (secondary N) is 1. The molecule has 0 saturated heterocycles. The second-order valence-electron chi connectivity index (χ2n) is 4.66. The first kappa shape index (κ1) is 12.5. The lowest BCUT2D eigenvalue weighted by molar-refractivity contribution is -0.384. The molecule has 2 aromatic rings. The molecule has 0 bridgehead atoms. The lowest BCUT2D eigenvalue weighted by Gasteiger charge is -2.14. The summed E-state index contributed by atoms with van der Waals surface area (Å²) in [7, 11) is 0. The minimum absolute atomic E-state index is 0.0604. The molecule has 1 aliphatic carbocycles. The minimum Gasteiger partial charge on any atom is -0.308 e. The summed E-state index contributed by atoms with van der Waals surface area (Å²) in [4.78, 5) is 19.3. The smallest absolute Gasteiger partial charge is 0.308 e. The summed E-state index contributed by atoms with van der Waals surface area (Å²) in [5, 5.41) is 11.2. The largest absolute Gasteiger partial charge is 0.312 e.